The summed E-state index contributed by atoms with van der Waals surface area (Å²) in [7, 11) is 0. The van der Waals surface area contributed by atoms with Crippen molar-refractivity contribution in [2.24, 2.45) is 5.73 Å². The molecule has 0 aliphatic carbocycles. The zero-order valence-electron chi connectivity index (χ0n) is 9.93. The SMILES string of the molecule is NC(=O)COCCOCCOCCOCCO.[HH]. The Morgan fingerprint density at radius 1 is 0.882 bits per heavy atom. The maximum Gasteiger partial charge on any atom is 0.243 e. The summed E-state index contributed by atoms with van der Waals surface area (Å²) in [4.78, 5) is 10.3. The second kappa shape index (κ2) is 13.3. The number of carbonyl (C=O) groups is 1. The van der Waals surface area contributed by atoms with Gasteiger partial charge in [0.2, 0.25) is 5.91 Å². The molecular formula is C10H23NO6. The van der Waals surface area contributed by atoms with Gasteiger partial charge >= 0.3 is 0 Å². The number of nitrogens with two attached hydrogens (primary N) is 1. The first kappa shape index (κ1) is 16.3. The van der Waals surface area contributed by atoms with Crippen molar-refractivity contribution in [3.8, 4) is 0 Å². The molecule has 0 saturated heterocycles. The Bertz CT molecular complexity index is 184. The van der Waals surface area contributed by atoms with Crippen LogP contribution in [0.3, 0.4) is 0 Å². The predicted octanol–water partition coefficient (Wildman–Crippen LogP) is -1.22. The van der Waals surface area contributed by atoms with Crippen molar-refractivity contribution in [2.45, 2.75) is 0 Å². The lowest BCUT2D eigenvalue weighted by Crippen LogP contribution is -2.20. The number of aliphatic hydroxyl groups is 1. The lowest BCUT2D eigenvalue weighted by molar-refractivity contribution is -0.123. The molecule has 3 N–H and O–H groups in total. The van der Waals surface area contributed by atoms with Crippen LogP contribution in [0, 0.1) is 0 Å². The standard InChI is InChI=1S/C10H21NO6.H2/c11-10(13)9-17-8-7-16-6-5-15-4-3-14-2-1-12;/h12H,1-9H2,(H2,11,13);1H. The molecule has 0 aromatic rings. The first-order valence-electron chi connectivity index (χ1n) is 5.47. The van der Waals surface area contributed by atoms with Crippen LogP contribution in [-0.4, -0.2) is 70.5 Å². The molecule has 0 atom stereocenters. The van der Waals surface area contributed by atoms with Crippen LogP contribution in [0.15, 0.2) is 0 Å². The highest BCUT2D eigenvalue weighted by Gasteiger charge is 1.94. The van der Waals surface area contributed by atoms with Crippen LogP contribution in [0.1, 0.15) is 1.43 Å². The van der Waals surface area contributed by atoms with Gasteiger partial charge in [0, 0.05) is 1.43 Å². The van der Waals surface area contributed by atoms with Crippen molar-refractivity contribution in [3.63, 3.8) is 0 Å². The summed E-state index contributed by atoms with van der Waals surface area (Å²) in [5, 5.41) is 8.42. The van der Waals surface area contributed by atoms with E-state index in [-0.39, 0.29) is 14.6 Å². The minimum atomic E-state index is -0.490. The summed E-state index contributed by atoms with van der Waals surface area (Å²) in [6, 6.07) is 0. The van der Waals surface area contributed by atoms with Gasteiger partial charge in [0.15, 0.2) is 0 Å². The molecule has 0 spiro atoms. The number of carbonyl (C=O) groups excluding carboxylic acids is 1. The number of ether oxygens (including phenoxy) is 4. The number of hydrogen-bond acceptors (Lipinski definition) is 6. The number of amides is 1. The van der Waals surface area contributed by atoms with Gasteiger partial charge in [-0.25, -0.2) is 0 Å². The molecule has 0 radical (unpaired) electrons. The van der Waals surface area contributed by atoms with Crippen LogP contribution in [0.25, 0.3) is 0 Å². The van der Waals surface area contributed by atoms with E-state index >= 15 is 0 Å². The van der Waals surface area contributed by atoms with Crippen molar-refractivity contribution < 1.29 is 30.3 Å². The quantitative estimate of drug-likeness (QED) is 0.399. The molecule has 0 aromatic carbocycles. The Morgan fingerprint density at radius 2 is 1.29 bits per heavy atom. The fourth-order valence-corrected chi connectivity index (χ4v) is 0.897. The van der Waals surface area contributed by atoms with Crippen LogP contribution in [0.2, 0.25) is 0 Å². The second-order valence-electron chi connectivity index (χ2n) is 3.08. The van der Waals surface area contributed by atoms with Gasteiger partial charge < -0.3 is 29.8 Å². The normalized spacial score (nSPS) is 10.6. The van der Waals surface area contributed by atoms with Gasteiger partial charge in [-0.15, -0.1) is 0 Å². The Morgan fingerprint density at radius 3 is 1.71 bits per heavy atom. The Hall–Kier alpha value is -0.730. The Balaban J connectivity index is 0. The minimum absolute atomic E-state index is 0. The van der Waals surface area contributed by atoms with Gasteiger partial charge in [0.1, 0.15) is 6.61 Å². The summed E-state index contributed by atoms with van der Waals surface area (Å²) in [5.74, 6) is -0.490. The smallest absolute Gasteiger partial charge is 0.243 e. The predicted molar refractivity (Wildman–Crippen MR) is 61.7 cm³/mol. The van der Waals surface area contributed by atoms with E-state index < -0.39 is 5.91 Å². The largest absolute Gasteiger partial charge is 0.394 e. The van der Waals surface area contributed by atoms with E-state index in [0.717, 1.165) is 0 Å². The van der Waals surface area contributed by atoms with Crippen LogP contribution in [-0.2, 0) is 23.7 Å². The van der Waals surface area contributed by atoms with Gasteiger partial charge in [0.05, 0.1) is 52.9 Å². The lowest BCUT2D eigenvalue weighted by Gasteiger charge is -2.06. The van der Waals surface area contributed by atoms with Gasteiger partial charge in [-0.2, -0.15) is 0 Å². The summed E-state index contributed by atoms with van der Waals surface area (Å²) < 4.78 is 20.2. The highest BCUT2D eigenvalue weighted by molar-refractivity contribution is 5.74. The fourth-order valence-electron chi connectivity index (χ4n) is 0.897. The highest BCUT2D eigenvalue weighted by Crippen LogP contribution is 1.82. The highest BCUT2D eigenvalue weighted by atomic mass is 16.6. The van der Waals surface area contributed by atoms with Crippen molar-refractivity contribution in [1.29, 1.82) is 0 Å². The first-order chi connectivity index (χ1) is 8.27. The van der Waals surface area contributed by atoms with Gasteiger partial charge in [-0.1, -0.05) is 0 Å². The third kappa shape index (κ3) is 15.3. The number of rotatable bonds is 13. The maximum atomic E-state index is 10.3. The van der Waals surface area contributed by atoms with E-state index in [0.29, 0.717) is 46.2 Å². The van der Waals surface area contributed by atoms with Crippen LogP contribution < -0.4 is 5.73 Å². The Kier molecular flexibility index (Phi) is 12.8. The van der Waals surface area contributed by atoms with Crippen LogP contribution >= 0.6 is 0 Å². The molecule has 0 aliphatic rings. The monoisotopic (exact) mass is 253 g/mol. The summed E-state index contributed by atoms with van der Waals surface area (Å²) in [5.41, 5.74) is 4.87. The summed E-state index contributed by atoms with van der Waals surface area (Å²) in [6.07, 6.45) is 0. The first-order valence-corrected chi connectivity index (χ1v) is 5.47. The molecule has 0 fully saturated rings. The molecule has 1 amide bonds. The van der Waals surface area contributed by atoms with E-state index in [1.807, 2.05) is 0 Å². The molecule has 0 aliphatic heterocycles. The number of primary amides is 1. The molecule has 0 rings (SSSR count). The molecule has 104 valence electrons. The van der Waals surface area contributed by atoms with E-state index in [1.165, 1.54) is 0 Å². The molecule has 0 aromatic heterocycles. The van der Waals surface area contributed by atoms with Crippen LogP contribution in [0.5, 0.6) is 0 Å². The average molecular weight is 253 g/mol. The molecule has 0 bridgehead atoms. The van der Waals surface area contributed by atoms with Gasteiger partial charge in [-0.3, -0.25) is 4.79 Å². The van der Waals surface area contributed by atoms with Crippen LogP contribution in [0.4, 0.5) is 0 Å². The topological polar surface area (TPSA) is 100 Å². The third-order valence-corrected chi connectivity index (χ3v) is 1.60. The molecule has 0 heterocycles. The molecule has 0 saturated carbocycles. The van der Waals surface area contributed by atoms with Gasteiger partial charge in [-0.05, 0) is 0 Å². The van der Waals surface area contributed by atoms with Crippen molar-refractivity contribution in [1.82, 2.24) is 0 Å². The van der Waals surface area contributed by atoms with Gasteiger partial charge in [0.25, 0.3) is 0 Å². The fraction of sp³-hybridized carbons (Fsp3) is 0.900. The maximum absolute atomic E-state index is 10.3. The second-order valence-corrected chi connectivity index (χ2v) is 3.08. The van der Waals surface area contributed by atoms with E-state index in [1.54, 1.807) is 0 Å². The van der Waals surface area contributed by atoms with Crippen molar-refractivity contribution in [2.75, 3.05) is 59.5 Å². The van der Waals surface area contributed by atoms with Crippen molar-refractivity contribution in [3.05, 3.63) is 0 Å². The molecular weight excluding hydrogens is 230 g/mol. The lowest BCUT2D eigenvalue weighted by atomic mass is 10.6. The number of aliphatic hydroxyl groups excluding tert-OH is 1. The minimum Gasteiger partial charge on any atom is -0.394 e. The van der Waals surface area contributed by atoms with E-state index in [4.69, 9.17) is 29.8 Å². The Labute approximate surface area is 102 Å². The zero-order valence-corrected chi connectivity index (χ0v) is 9.93. The molecule has 17 heavy (non-hydrogen) atoms. The zero-order chi connectivity index (χ0) is 12.8. The number of hydrogen-bond donors (Lipinski definition) is 2. The van der Waals surface area contributed by atoms with E-state index in [9.17, 15) is 4.79 Å². The summed E-state index contributed by atoms with van der Waals surface area (Å²) in [6.45, 7) is 2.87. The third-order valence-electron chi connectivity index (χ3n) is 1.60. The molecule has 7 heteroatoms. The van der Waals surface area contributed by atoms with Crippen molar-refractivity contribution >= 4 is 5.91 Å². The molecule has 7 nitrogen and oxygen atoms in total. The summed E-state index contributed by atoms with van der Waals surface area (Å²) >= 11 is 0. The molecule has 0 unspecified atom stereocenters. The van der Waals surface area contributed by atoms with E-state index in [2.05, 4.69) is 0 Å². The average Bonchev–Trinajstić information content (AvgIpc) is 2.30.